The van der Waals surface area contributed by atoms with Gasteiger partial charge >= 0.3 is 5.97 Å². The van der Waals surface area contributed by atoms with Crippen molar-refractivity contribution in [2.24, 2.45) is 11.8 Å². The van der Waals surface area contributed by atoms with Crippen LogP contribution in [-0.4, -0.2) is 54.1 Å². The first-order valence-corrected chi connectivity index (χ1v) is 12.7. The van der Waals surface area contributed by atoms with Crippen LogP contribution >= 0.6 is 0 Å². The van der Waals surface area contributed by atoms with Crippen LogP contribution in [0.4, 0.5) is 4.39 Å². The fourth-order valence-electron chi connectivity index (χ4n) is 4.00. The Labute approximate surface area is 224 Å². The van der Waals surface area contributed by atoms with Crippen molar-refractivity contribution in [3.8, 4) is 0 Å². The molecule has 0 aliphatic carbocycles. The minimum atomic E-state index is -0.639. The maximum atomic E-state index is 13.2. The van der Waals surface area contributed by atoms with Crippen molar-refractivity contribution >= 4 is 17.8 Å². The summed E-state index contributed by atoms with van der Waals surface area (Å²) < 4.78 is 18.5. The molecule has 0 bridgehead atoms. The highest BCUT2D eigenvalue weighted by Crippen LogP contribution is 2.16. The van der Waals surface area contributed by atoms with Crippen molar-refractivity contribution in [3.05, 3.63) is 96.9 Å². The van der Waals surface area contributed by atoms with Gasteiger partial charge in [0.2, 0.25) is 11.8 Å². The van der Waals surface area contributed by atoms with Crippen molar-refractivity contribution < 1.29 is 28.6 Å². The van der Waals surface area contributed by atoms with Gasteiger partial charge in [-0.05, 0) is 42.5 Å². The Morgan fingerprint density at radius 2 is 1.63 bits per heavy atom. The molecule has 0 saturated carbocycles. The lowest BCUT2D eigenvalue weighted by Crippen LogP contribution is -2.39. The summed E-state index contributed by atoms with van der Waals surface area (Å²) >= 11 is 0. The number of nitrogens with zero attached hydrogens (tertiary/aromatic N) is 1. The summed E-state index contributed by atoms with van der Waals surface area (Å²) in [6.07, 6.45) is 4.26. The summed E-state index contributed by atoms with van der Waals surface area (Å²) in [5, 5.41) is 12.1. The number of halogens is 1. The highest BCUT2D eigenvalue weighted by Gasteiger charge is 2.24. The smallest absolute Gasteiger partial charge is 0.309 e. The second kappa shape index (κ2) is 16.9. The quantitative estimate of drug-likeness (QED) is 0.186. The van der Waals surface area contributed by atoms with Crippen molar-refractivity contribution in [1.82, 2.24) is 10.2 Å². The van der Waals surface area contributed by atoms with E-state index in [1.165, 1.54) is 17.0 Å². The largest absolute Gasteiger partial charge is 0.464 e. The summed E-state index contributed by atoms with van der Waals surface area (Å²) in [6, 6.07) is 15.4. The molecule has 2 N–H and O–H groups in total. The molecular weight excluding hydrogens is 487 g/mol. The number of carbonyl (C=O) groups is 3. The van der Waals surface area contributed by atoms with Gasteiger partial charge in [0, 0.05) is 19.5 Å². The van der Waals surface area contributed by atoms with E-state index in [2.05, 4.69) is 18.5 Å². The Kier molecular flexibility index (Phi) is 13.5. The molecule has 0 unspecified atom stereocenters. The van der Waals surface area contributed by atoms with E-state index in [4.69, 9.17) is 4.74 Å². The Bertz CT molecular complexity index is 1040. The molecule has 8 heteroatoms. The third-order valence-corrected chi connectivity index (χ3v) is 6.01. The van der Waals surface area contributed by atoms with Gasteiger partial charge in [0.05, 0.1) is 25.0 Å². The van der Waals surface area contributed by atoms with Crippen LogP contribution in [0.1, 0.15) is 30.4 Å². The van der Waals surface area contributed by atoms with E-state index in [9.17, 15) is 23.9 Å². The average molecular weight is 525 g/mol. The summed E-state index contributed by atoms with van der Waals surface area (Å²) in [6.45, 7) is 7.76. The van der Waals surface area contributed by atoms with E-state index in [0.717, 1.165) is 11.1 Å². The molecule has 2 aromatic rings. The maximum absolute atomic E-state index is 13.2. The molecule has 0 fully saturated rings. The fraction of sp³-hybridized carbons (Fsp3) is 0.367. The van der Waals surface area contributed by atoms with Crippen molar-refractivity contribution in [2.45, 2.75) is 32.2 Å². The van der Waals surface area contributed by atoms with E-state index in [-0.39, 0.29) is 50.4 Å². The third-order valence-electron chi connectivity index (χ3n) is 6.01. The van der Waals surface area contributed by atoms with Gasteiger partial charge < -0.3 is 20.1 Å². The summed E-state index contributed by atoms with van der Waals surface area (Å²) in [5.41, 5.74) is 1.73. The van der Waals surface area contributed by atoms with Crippen LogP contribution in [0.5, 0.6) is 0 Å². The zero-order valence-corrected chi connectivity index (χ0v) is 21.7. The lowest BCUT2D eigenvalue weighted by molar-refractivity contribution is -0.148. The number of aliphatic hydroxyl groups is 1. The Morgan fingerprint density at radius 3 is 2.26 bits per heavy atom. The molecule has 2 atom stereocenters. The second-order valence-electron chi connectivity index (χ2n) is 8.96. The molecule has 0 spiro atoms. The monoisotopic (exact) mass is 524 g/mol. The van der Waals surface area contributed by atoms with E-state index in [1.54, 1.807) is 24.3 Å². The van der Waals surface area contributed by atoms with Gasteiger partial charge in [0.25, 0.3) is 0 Å². The second-order valence-corrected chi connectivity index (χ2v) is 8.96. The van der Waals surface area contributed by atoms with Crippen LogP contribution in [0.25, 0.3) is 0 Å². The van der Waals surface area contributed by atoms with Crippen LogP contribution in [-0.2, 0) is 32.1 Å². The van der Waals surface area contributed by atoms with Gasteiger partial charge in [0.15, 0.2) is 0 Å². The first kappa shape index (κ1) is 30.4. The van der Waals surface area contributed by atoms with Gasteiger partial charge in [-0.1, -0.05) is 54.6 Å². The molecule has 38 heavy (non-hydrogen) atoms. The molecule has 204 valence electrons. The fourth-order valence-corrected chi connectivity index (χ4v) is 4.00. The Morgan fingerprint density at radius 1 is 0.974 bits per heavy atom. The standard InChI is InChI=1S/C30H37FN2O5/c1-3-8-25(21-28(35)33(17-18-34)22-24-10-6-5-7-11-24)29(36)32-16-19-38-30(37)26(9-4-2)20-23-12-14-27(31)15-13-23/h3-7,10-15,25-26,34H,1-2,8-9,16-22H2,(H,32,36)/t25-,26+/m1/s1. The van der Waals surface area contributed by atoms with Crippen LogP contribution in [0.15, 0.2) is 79.9 Å². The van der Waals surface area contributed by atoms with Gasteiger partial charge in [-0.3, -0.25) is 14.4 Å². The Balaban J connectivity index is 1.86. The van der Waals surface area contributed by atoms with Crippen LogP contribution in [0, 0.1) is 17.7 Å². The minimum absolute atomic E-state index is 0.0268. The number of amides is 2. The van der Waals surface area contributed by atoms with Crippen LogP contribution in [0.2, 0.25) is 0 Å². The van der Waals surface area contributed by atoms with Crippen LogP contribution < -0.4 is 5.32 Å². The first-order chi connectivity index (χ1) is 18.4. The molecule has 0 radical (unpaired) electrons. The SMILES string of the molecule is C=CC[C@H](CC(=O)N(CCO)Cc1ccccc1)C(=O)NCCOC(=O)[C@@H](CC=C)Cc1ccc(F)cc1. The number of hydrogen-bond donors (Lipinski definition) is 2. The zero-order valence-electron chi connectivity index (χ0n) is 21.7. The van der Waals surface area contributed by atoms with Crippen molar-refractivity contribution in [3.63, 3.8) is 0 Å². The predicted octanol–water partition coefficient (Wildman–Crippen LogP) is 3.82. The molecule has 0 aromatic heterocycles. The van der Waals surface area contributed by atoms with Gasteiger partial charge in [0.1, 0.15) is 12.4 Å². The number of nitrogens with one attached hydrogen (secondary N) is 1. The summed E-state index contributed by atoms with van der Waals surface area (Å²) in [7, 11) is 0. The molecule has 7 nitrogen and oxygen atoms in total. The number of esters is 1. The van der Waals surface area contributed by atoms with Crippen molar-refractivity contribution in [1.29, 1.82) is 0 Å². The van der Waals surface area contributed by atoms with Crippen molar-refractivity contribution in [2.75, 3.05) is 26.3 Å². The number of carbonyl (C=O) groups excluding carboxylic acids is 3. The molecule has 0 aliphatic heterocycles. The van der Waals surface area contributed by atoms with E-state index < -0.39 is 17.8 Å². The molecule has 0 saturated heterocycles. The van der Waals surface area contributed by atoms with E-state index in [0.29, 0.717) is 25.8 Å². The summed E-state index contributed by atoms with van der Waals surface area (Å²) in [4.78, 5) is 39.9. The third kappa shape index (κ3) is 10.7. The highest BCUT2D eigenvalue weighted by atomic mass is 19.1. The maximum Gasteiger partial charge on any atom is 0.309 e. The van der Waals surface area contributed by atoms with Gasteiger partial charge in [-0.15, -0.1) is 13.2 Å². The van der Waals surface area contributed by atoms with E-state index >= 15 is 0 Å². The lowest BCUT2D eigenvalue weighted by Gasteiger charge is -2.24. The number of aliphatic hydroxyl groups excluding tert-OH is 1. The number of benzene rings is 2. The topological polar surface area (TPSA) is 95.9 Å². The molecular formula is C30H37FN2O5. The van der Waals surface area contributed by atoms with Gasteiger partial charge in [-0.25, -0.2) is 4.39 Å². The highest BCUT2D eigenvalue weighted by molar-refractivity contribution is 5.86. The Hall–Kier alpha value is -3.78. The number of rotatable bonds is 17. The predicted molar refractivity (Wildman–Crippen MR) is 144 cm³/mol. The molecule has 2 rings (SSSR count). The number of hydrogen-bond acceptors (Lipinski definition) is 5. The first-order valence-electron chi connectivity index (χ1n) is 12.7. The van der Waals surface area contributed by atoms with Crippen LogP contribution in [0.3, 0.4) is 0 Å². The molecule has 2 amide bonds. The van der Waals surface area contributed by atoms with Gasteiger partial charge in [-0.2, -0.15) is 0 Å². The minimum Gasteiger partial charge on any atom is -0.464 e. The molecule has 0 aliphatic rings. The number of allylic oxidation sites excluding steroid dienone is 2. The average Bonchev–Trinajstić information content (AvgIpc) is 2.91. The normalized spacial score (nSPS) is 12.2. The van der Waals surface area contributed by atoms with E-state index in [1.807, 2.05) is 30.3 Å². The number of ether oxygens (including phenoxy) is 1. The molecule has 2 aromatic carbocycles. The molecule has 0 heterocycles. The lowest BCUT2D eigenvalue weighted by atomic mass is 9.96. The summed E-state index contributed by atoms with van der Waals surface area (Å²) in [5.74, 6) is -2.47. The zero-order chi connectivity index (χ0) is 27.8.